The van der Waals surface area contributed by atoms with Crippen LogP contribution in [0, 0.1) is 6.92 Å². The van der Waals surface area contributed by atoms with Crippen molar-refractivity contribution in [2.75, 3.05) is 16.8 Å². The molecule has 1 aromatic heterocycles. The number of para-hydroxylation sites is 1. The Labute approximate surface area is 148 Å². The molecule has 3 aromatic rings. The monoisotopic (exact) mass is 331 g/mol. The standard InChI is InChI=1S/C21H21N3O/c1-3-24(18-7-5-4-6-8-18)19-13-14-20(22-15-19)21(25)23-17-11-9-16(2)10-12-17/h4-15H,3H2,1-2H3,(H,23,25). The Morgan fingerprint density at radius 3 is 2.28 bits per heavy atom. The Kier molecular flexibility index (Phi) is 5.09. The maximum absolute atomic E-state index is 12.3. The number of rotatable bonds is 5. The van der Waals surface area contributed by atoms with E-state index in [1.165, 1.54) is 0 Å². The number of amides is 1. The van der Waals surface area contributed by atoms with Crippen molar-refractivity contribution in [3.63, 3.8) is 0 Å². The van der Waals surface area contributed by atoms with Crippen LogP contribution in [0.2, 0.25) is 0 Å². The zero-order chi connectivity index (χ0) is 17.6. The fourth-order valence-corrected chi connectivity index (χ4v) is 2.63. The zero-order valence-electron chi connectivity index (χ0n) is 14.4. The highest BCUT2D eigenvalue weighted by atomic mass is 16.1. The molecular weight excluding hydrogens is 310 g/mol. The molecule has 25 heavy (non-hydrogen) atoms. The maximum Gasteiger partial charge on any atom is 0.274 e. The van der Waals surface area contributed by atoms with Crippen molar-refractivity contribution in [1.29, 1.82) is 0 Å². The lowest BCUT2D eigenvalue weighted by Gasteiger charge is -2.22. The van der Waals surface area contributed by atoms with E-state index >= 15 is 0 Å². The number of nitrogens with zero attached hydrogens (tertiary/aromatic N) is 2. The lowest BCUT2D eigenvalue weighted by atomic mass is 10.2. The van der Waals surface area contributed by atoms with Crippen LogP contribution in [0.5, 0.6) is 0 Å². The highest BCUT2D eigenvalue weighted by Gasteiger charge is 2.11. The number of aryl methyl sites for hydroxylation is 1. The molecular formula is C21H21N3O. The zero-order valence-corrected chi connectivity index (χ0v) is 14.4. The van der Waals surface area contributed by atoms with Gasteiger partial charge in [-0.3, -0.25) is 4.79 Å². The average molecular weight is 331 g/mol. The number of pyridine rings is 1. The highest BCUT2D eigenvalue weighted by molar-refractivity contribution is 6.03. The predicted octanol–water partition coefficient (Wildman–Crippen LogP) is 4.80. The molecule has 4 nitrogen and oxygen atoms in total. The summed E-state index contributed by atoms with van der Waals surface area (Å²) in [5.41, 5.74) is 4.37. The normalized spacial score (nSPS) is 10.3. The minimum atomic E-state index is -0.210. The molecule has 0 bridgehead atoms. The van der Waals surface area contributed by atoms with E-state index in [1.807, 2.05) is 55.5 Å². The number of hydrogen-bond donors (Lipinski definition) is 1. The molecule has 0 unspecified atom stereocenters. The van der Waals surface area contributed by atoms with Crippen LogP contribution >= 0.6 is 0 Å². The molecule has 3 rings (SSSR count). The summed E-state index contributed by atoms with van der Waals surface area (Å²) in [4.78, 5) is 18.8. The van der Waals surface area contributed by atoms with Crippen molar-refractivity contribution in [2.24, 2.45) is 0 Å². The third-order valence-electron chi connectivity index (χ3n) is 3.99. The lowest BCUT2D eigenvalue weighted by Crippen LogP contribution is -2.17. The van der Waals surface area contributed by atoms with E-state index < -0.39 is 0 Å². The van der Waals surface area contributed by atoms with Crippen LogP contribution in [0.15, 0.2) is 72.9 Å². The molecule has 0 saturated heterocycles. The van der Waals surface area contributed by atoms with Crippen molar-refractivity contribution in [2.45, 2.75) is 13.8 Å². The van der Waals surface area contributed by atoms with Gasteiger partial charge < -0.3 is 10.2 Å². The van der Waals surface area contributed by atoms with Gasteiger partial charge in [-0.25, -0.2) is 4.98 Å². The third-order valence-corrected chi connectivity index (χ3v) is 3.99. The molecule has 0 aliphatic carbocycles. The van der Waals surface area contributed by atoms with Gasteiger partial charge in [0.25, 0.3) is 5.91 Å². The second-order valence-corrected chi connectivity index (χ2v) is 5.80. The molecule has 1 amide bonds. The van der Waals surface area contributed by atoms with Gasteiger partial charge in [0.1, 0.15) is 5.69 Å². The molecule has 0 fully saturated rings. The summed E-state index contributed by atoms with van der Waals surface area (Å²) in [5, 5.41) is 2.86. The summed E-state index contributed by atoms with van der Waals surface area (Å²) in [6, 6.07) is 21.5. The second-order valence-electron chi connectivity index (χ2n) is 5.80. The van der Waals surface area contributed by atoms with Crippen LogP contribution in [-0.2, 0) is 0 Å². The van der Waals surface area contributed by atoms with Gasteiger partial charge in [0.05, 0.1) is 11.9 Å². The summed E-state index contributed by atoms with van der Waals surface area (Å²) < 4.78 is 0. The first-order valence-electron chi connectivity index (χ1n) is 8.34. The van der Waals surface area contributed by atoms with Crippen LogP contribution in [-0.4, -0.2) is 17.4 Å². The highest BCUT2D eigenvalue weighted by Crippen LogP contribution is 2.24. The molecule has 0 aliphatic heterocycles. The van der Waals surface area contributed by atoms with Gasteiger partial charge in [-0.2, -0.15) is 0 Å². The molecule has 1 N–H and O–H groups in total. The van der Waals surface area contributed by atoms with Gasteiger partial charge in [-0.1, -0.05) is 35.9 Å². The number of benzene rings is 2. The van der Waals surface area contributed by atoms with E-state index in [-0.39, 0.29) is 5.91 Å². The van der Waals surface area contributed by atoms with E-state index in [0.717, 1.165) is 29.2 Å². The number of carbonyl (C=O) groups excluding carboxylic acids is 1. The smallest absolute Gasteiger partial charge is 0.274 e. The summed E-state index contributed by atoms with van der Waals surface area (Å²) >= 11 is 0. The number of hydrogen-bond acceptors (Lipinski definition) is 3. The Morgan fingerprint density at radius 1 is 0.960 bits per heavy atom. The molecule has 2 aromatic carbocycles. The van der Waals surface area contributed by atoms with Crippen molar-refractivity contribution < 1.29 is 4.79 Å². The topological polar surface area (TPSA) is 45.2 Å². The maximum atomic E-state index is 12.3. The fraction of sp³-hybridized carbons (Fsp3) is 0.143. The number of anilines is 3. The van der Waals surface area contributed by atoms with Crippen LogP contribution in [0.1, 0.15) is 23.0 Å². The Bertz CT molecular complexity index is 827. The van der Waals surface area contributed by atoms with Gasteiger partial charge in [0.2, 0.25) is 0 Å². The van der Waals surface area contributed by atoms with Gasteiger partial charge in [-0.05, 0) is 50.2 Å². The SMILES string of the molecule is CCN(c1ccccc1)c1ccc(C(=O)Nc2ccc(C)cc2)nc1. The van der Waals surface area contributed by atoms with Crippen LogP contribution in [0.25, 0.3) is 0 Å². The second kappa shape index (κ2) is 7.62. The Balaban J connectivity index is 1.75. The van der Waals surface area contributed by atoms with Gasteiger partial charge in [0.15, 0.2) is 0 Å². The molecule has 1 heterocycles. The summed E-state index contributed by atoms with van der Waals surface area (Å²) in [6.45, 7) is 4.92. The Hall–Kier alpha value is -3.14. The number of aromatic nitrogens is 1. The minimum absolute atomic E-state index is 0.210. The van der Waals surface area contributed by atoms with Crippen LogP contribution in [0.4, 0.5) is 17.1 Å². The number of nitrogens with one attached hydrogen (secondary N) is 1. The van der Waals surface area contributed by atoms with E-state index in [4.69, 9.17) is 0 Å². The molecule has 0 saturated carbocycles. The molecule has 0 atom stereocenters. The first-order chi connectivity index (χ1) is 12.2. The largest absolute Gasteiger partial charge is 0.341 e. The molecule has 0 spiro atoms. The number of carbonyl (C=O) groups is 1. The van der Waals surface area contributed by atoms with Gasteiger partial charge >= 0.3 is 0 Å². The molecule has 4 heteroatoms. The van der Waals surface area contributed by atoms with Crippen LogP contribution < -0.4 is 10.2 Å². The van der Waals surface area contributed by atoms with E-state index in [9.17, 15) is 4.79 Å². The van der Waals surface area contributed by atoms with Gasteiger partial charge in [-0.15, -0.1) is 0 Å². The van der Waals surface area contributed by atoms with Crippen molar-refractivity contribution in [3.8, 4) is 0 Å². The quantitative estimate of drug-likeness (QED) is 0.730. The van der Waals surface area contributed by atoms with Crippen molar-refractivity contribution in [1.82, 2.24) is 4.98 Å². The summed E-state index contributed by atoms with van der Waals surface area (Å²) in [7, 11) is 0. The van der Waals surface area contributed by atoms with E-state index in [2.05, 4.69) is 34.3 Å². The lowest BCUT2D eigenvalue weighted by molar-refractivity contribution is 0.102. The first kappa shape index (κ1) is 16.7. The van der Waals surface area contributed by atoms with Gasteiger partial charge in [0, 0.05) is 17.9 Å². The summed E-state index contributed by atoms with van der Waals surface area (Å²) in [5.74, 6) is -0.210. The predicted molar refractivity (Wildman–Crippen MR) is 102 cm³/mol. The van der Waals surface area contributed by atoms with Crippen LogP contribution in [0.3, 0.4) is 0 Å². The molecule has 0 aliphatic rings. The fourth-order valence-electron chi connectivity index (χ4n) is 2.63. The van der Waals surface area contributed by atoms with Crippen molar-refractivity contribution >= 4 is 23.0 Å². The average Bonchev–Trinajstić information content (AvgIpc) is 2.66. The third kappa shape index (κ3) is 4.04. The summed E-state index contributed by atoms with van der Waals surface area (Å²) in [6.07, 6.45) is 1.74. The first-order valence-corrected chi connectivity index (χ1v) is 8.34. The van der Waals surface area contributed by atoms with Crippen molar-refractivity contribution in [3.05, 3.63) is 84.2 Å². The molecule has 0 radical (unpaired) electrons. The Morgan fingerprint density at radius 2 is 1.68 bits per heavy atom. The molecule has 126 valence electrons. The van der Waals surface area contributed by atoms with E-state index in [0.29, 0.717) is 5.69 Å². The van der Waals surface area contributed by atoms with E-state index in [1.54, 1.807) is 12.3 Å². The minimum Gasteiger partial charge on any atom is -0.341 e.